The second-order valence-electron chi connectivity index (χ2n) is 5.96. The van der Waals surface area contributed by atoms with E-state index >= 15 is 0 Å². The van der Waals surface area contributed by atoms with E-state index in [0.717, 1.165) is 12.8 Å². The van der Waals surface area contributed by atoms with Crippen molar-refractivity contribution in [1.29, 1.82) is 0 Å². The number of hydrogen-bond donors (Lipinski definition) is 2. The summed E-state index contributed by atoms with van der Waals surface area (Å²) < 4.78 is 0. The van der Waals surface area contributed by atoms with Gasteiger partial charge in [-0.2, -0.15) is 10.2 Å². The van der Waals surface area contributed by atoms with Crippen LogP contribution in [0.5, 0.6) is 0 Å². The van der Waals surface area contributed by atoms with E-state index in [1.165, 1.54) is 0 Å². The number of rotatable bonds is 8. The van der Waals surface area contributed by atoms with Gasteiger partial charge in [0.15, 0.2) is 5.66 Å². The van der Waals surface area contributed by atoms with Crippen LogP contribution in [-0.4, -0.2) is 29.2 Å². The predicted octanol–water partition coefficient (Wildman–Crippen LogP) is 2.10. The summed E-state index contributed by atoms with van der Waals surface area (Å²) in [6.45, 7) is 0.215. The normalized spacial score (nSPS) is 20.7. The zero-order valence-electron chi connectivity index (χ0n) is 12.1. The van der Waals surface area contributed by atoms with Crippen LogP contribution in [0.3, 0.4) is 0 Å². The molecule has 2 rings (SSSR count). The van der Waals surface area contributed by atoms with Gasteiger partial charge in [-0.15, -0.1) is 12.3 Å². The molecule has 0 saturated heterocycles. The van der Waals surface area contributed by atoms with Gasteiger partial charge in [0.05, 0.1) is 5.41 Å². The van der Waals surface area contributed by atoms with Crippen LogP contribution in [0.2, 0.25) is 0 Å². The van der Waals surface area contributed by atoms with Crippen LogP contribution in [-0.2, 0) is 9.59 Å². The van der Waals surface area contributed by atoms with E-state index in [2.05, 4.69) is 21.5 Å². The number of terminal acetylenes is 1. The maximum absolute atomic E-state index is 11.9. The van der Waals surface area contributed by atoms with Crippen molar-refractivity contribution in [1.82, 2.24) is 5.32 Å². The van der Waals surface area contributed by atoms with Crippen molar-refractivity contribution in [3.8, 4) is 12.3 Å². The van der Waals surface area contributed by atoms with Gasteiger partial charge in [0.1, 0.15) is 0 Å². The minimum atomic E-state index is -0.807. The molecule has 1 amide bonds. The topological polar surface area (TPSA) is 91.1 Å². The molecule has 0 unspecified atom stereocenters. The van der Waals surface area contributed by atoms with Crippen molar-refractivity contribution in [3.05, 3.63) is 0 Å². The zero-order valence-corrected chi connectivity index (χ0v) is 12.1. The van der Waals surface area contributed by atoms with Crippen LogP contribution < -0.4 is 5.32 Å². The van der Waals surface area contributed by atoms with Crippen LogP contribution >= 0.6 is 0 Å². The number of carbonyl (C=O) groups is 2. The lowest BCUT2D eigenvalue weighted by molar-refractivity contribution is -0.148. The number of hydrogen-bond acceptors (Lipinski definition) is 4. The molecule has 1 saturated carbocycles. The standard InChI is InChI=1S/C15H21N3O3/c1-2-3-9-15(17-18-15)10-6-12(19)16-11-14(13(20)21)7-4-5-8-14/h1H,3-11H2,(H,16,19)(H,20,21). The Morgan fingerprint density at radius 1 is 1.24 bits per heavy atom. The Kier molecular flexibility index (Phi) is 4.61. The smallest absolute Gasteiger partial charge is 0.311 e. The number of nitrogens with one attached hydrogen (secondary N) is 1. The first-order valence-electron chi connectivity index (χ1n) is 7.40. The molecule has 0 aromatic carbocycles. The van der Waals surface area contributed by atoms with Gasteiger partial charge in [-0.05, 0) is 12.8 Å². The molecule has 0 spiro atoms. The molecular weight excluding hydrogens is 270 g/mol. The highest BCUT2D eigenvalue weighted by Gasteiger charge is 2.42. The van der Waals surface area contributed by atoms with E-state index in [-0.39, 0.29) is 12.5 Å². The van der Waals surface area contributed by atoms with Crippen molar-refractivity contribution in [2.24, 2.45) is 15.6 Å². The number of carbonyl (C=O) groups excluding carboxylic acids is 1. The summed E-state index contributed by atoms with van der Waals surface area (Å²) >= 11 is 0. The number of nitrogens with zero attached hydrogens (tertiary/aromatic N) is 2. The molecule has 21 heavy (non-hydrogen) atoms. The van der Waals surface area contributed by atoms with Gasteiger partial charge in [0.25, 0.3) is 0 Å². The zero-order chi connectivity index (χ0) is 15.3. The predicted molar refractivity (Wildman–Crippen MR) is 76.4 cm³/mol. The molecule has 1 aliphatic carbocycles. The lowest BCUT2D eigenvalue weighted by Gasteiger charge is -2.24. The summed E-state index contributed by atoms with van der Waals surface area (Å²) in [5.41, 5.74) is -1.23. The van der Waals surface area contributed by atoms with E-state index in [0.29, 0.717) is 38.5 Å². The molecule has 1 heterocycles. The van der Waals surface area contributed by atoms with Gasteiger partial charge in [0.2, 0.25) is 5.91 Å². The van der Waals surface area contributed by atoms with Crippen LogP contribution in [0.1, 0.15) is 51.4 Å². The highest BCUT2D eigenvalue weighted by Crippen LogP contribution is 2.39. The molecule has 0 aromatic heterocycles. The van der Waals surface area contributed by atoms with Crippen molar-refractivity contribution in [3.63, 3.8) is 0 Å². The molecule has 2 N–H and O–H groups in total. The van der Waals surface area contributed by atoms with Gasteiger partial charge in [0, 0.05) is 32.2 Å². The summed E-state index contributed by atoms with van der Waals surface area (Å²) in [4.78, 5) is 23.3. The van der Waals surface area contributed by atoms with Crippen LogP contribution in [0, 0.1) is 17.8 Å². The fourth-order valence-electron chi connectivity index (χ4n) is 2.86. The van der Waals surface area contributed by atoms with Crippen molar-refractivity contribution in [2.45, 2.75) is 57.0 Å². The maximum atomic E-state index is 11.9. The Hall–Kier alpha value is -1.90. The molecule has 0 aromatic rings. The van der Waals surface area contributed by atoms with E-state index < -0.39 is 17.0 Å². The molecule has 6 nitrogen and oxygen atoms in total. The van der Waals surface area contributed by atoms with Crippen LogP contribution in [0.25, 0.3) is 0 Å². The van der Waals surface area contributed by atoms with Crippen LogP contribution in [0.4, 0.5) is 0 Å². The molecule has 6 heteroatoms. The third-order valence-electron chi connectivity index (χ3n) is 4.44. The highest BCUT2D eigenvalue weighted by molar-refractivity contribution is 5.79. The first-order valence-corrected chi connectivity index (χ1v) is 7.40. The second-order valence-corrected chi connectivity index (χ2v) is 5.96. The fraction of sp³-hybridized carbons (Fsp3) is 0.733. The molecule has 0 atom stereocenters. The first-order chi connectivity index (χ1) is 10.0. The van der Waals surface area contributed by atoms with E-state index in [1.54, 1.807) is 0 Å². The van der Waals surface area contributed by atoms with Gasteiger partial charge < -0.3 is 10.4 Å². The van der Waals surface area contributed by atoms with Gasteiger partial charge in [-0.1, -0.05) is 12.8 Å². The molecular formula is C15H21N3O3. The quantitative estimate of drug-likeness (QED) is 0.671. The molecule has 0 bridgehead atoms. The lowest BCUT2D eigenvalue weighted by atomic mass is 9.86. The fourth-order valence-corrected chi connectivity index (χ4v) is 2.86. The minimum absolute atomic E-state index is 0.139. The van der Waals surface area contributed by atoms with Crippen molar-refractivity contribution >= 4 is 11.9 Å². The minimum Gasteiger partial charge on any atom is -0.481 e. The summed E-state index contributed by atoms with van der Waals surface area (Å²) in [7, 11) is 0. The first kappa shape index (κ1) is 15.5. The summed E-state index contributed by atoms with van der Waals surface area (Å²) in [6, 6.07) is 0. The molecule has 1 fully saturated rings. The number of aliphatic carboxylic acids is 1. The maximum Gasteiger partial charge on any atom is 0.311 e. The third-order valence-corrected chi connectivity index (χ3v) is 4.44. The Morgan fingerprint density at radius 3 is 2.43 bits per heavy atom. The summed E-state index contributed by atoms with van der Waals surface area (Å²) in [6.07, 6.45) is 10.4. The Balaban J connectivity index is 1.73. The van der Waals surface area contributed by atoms with Gasteiger partial charge in [-0.25, -0.2) is 0 Å². The number of amides is 1. The third kappa shape index (κ3) is 3.81. The molecule has 114 valence electrons. The molecule has 2 aliphatic rings. The monoisotopic (exact) mass is 291 g/mol. The SMILES string of the molecule is C#CCCC1(CCC(=O)NCC2(C(=O)O)CCCC2)N=N1. The molecule has 0 radical (unpaired) electrons. The van der Waals surface area contributed by atoms with E-state index in [4.69, 9.17) is 6.42 Å². The lowest BCUT2D eigenvalue weighted by Crippen LogP contribution is -2.41. The average molecular weight is 291 g/mol. The van der Waals surface area contributed by atoms with Crippen LogP contribution in [0.15, 0.2) is 10.2 Å². The number of carboxylic acids is 1. The summed E-state index contributed by atoms with van der Waals surface area (Å²) in [5, 5.41) is 20.1. The summed E-state index contributed by atoms with van der Waals surface area (Å²) in [5.74, 6) is 1.60. The largest absolute Gasteiger partial charge is 0.481 e. The Bertz CT molecular complexity index is 481. The molecule has 1 aliphatic heterocycles. The number of carboxylic acid groups (broad SMARTS) is 1. The Labute approximate surface area is 124 Å². The highest BCUT2D eigenvalue weighted by atomic mass is 16.4. The van der Waals surface area contributed by atoms with Crippen molar-refractivity contribution in [2.75, 3.05) is 6.54 Å². The average Bonchev–Trinajstić information content (AvgIpc) is 3.07. The Morgan fingerprint density at radius 2 is 1.90 bits per heavy atom. The second kappa shape index (κ2) is 6.25. The van der Waals surface area contributed by atoms with E-state index in [9.17, 15) is 14.7 Å². The van der Waals surface area contributed by atoms with Gasteiger partial charge >= 0.3 is 5.97 Å². The van der Waals surface area contributed by atoms with E-state index in [1.807, 2.05) is 0 Å². The van der Waals surface area contributed by atoms with Gasteiger partial charge in [-0.3, -0.25) is 9.59 Å². The van der Waals surface area contributed by atoms with Crippen molar-refractivity contribution < 1.29 is 14.7 Å².